The van der Waals surface area contributed by atoms with Crippen molar-refractivity contribution < 1.29 is 0 Å². The summed E-state index contributed by atoms with van der Waals surface area (Å²) in [6.45, 7) is 22.4. The normalized spacial score (nSPS) is 13.5. The summed E-state index contributed by atoms with van der Waals surface area (Å²) in [5.74, 6) is 0. The molecule has 4 aromatic heterocycles. The van der Waals surface area contributed by atoms with Gasteiger partial charge < -0.3 is 15.0 Å². The molecule has 0 radical (unpaired) electrons. The Hall–Kier alpha value is -4.12. The van der Waals surface area contributed by atoms with Crippen LogP contribution in [-0.2, 0) is 25.7 Å². The maximum Gasteiger partial charge on any atom is 0.0929 e. The van der Waals surface area contributed by atoms with E-state index in [4.69, 9.17) is 9.97 Å². The summed E-state index contributed by atoms with van der Waals surface area (Å²) in [7, 11) is 0. The topological polar surface area (TPSA) is 73.2 Å². The van der Waals surface area contributed by atoms with E-state index in [0.29, 0.717) is 0 Å². The first-order chi connectivity index (χ1) is 21.7. The molecule has 10 bridgehead atoms. The lowest BCUT2D eigenvalue weighted by Gasteiger charge is -2.02. The molecule has 5 heteroatoms. The van der Waals surface area contributed by atoms with Gasteiger partial charge in [0.05, 0.1) is 22.8 Å². The molecule has 45 heavy (non-hydrogen) atoms. The van der Waals surface area contributed by atoms with E-state index in [1.807, 2.05) is 0 Å². The zero-order valence-corrected chi connectivity index (χ0v) is 28.9. The van der Waals surface area contributed by atoms with Crippen LogP contribution in [0.4, 0.5) is 0 Å². The number of fused-ring (bicyclic) bond motifs is 11. The van der Waals surface area contributed by atoms with Gasteiger partial charge in [-0.2, -0.15) is 0 Å². The molecule has 0 spiro atoms. The van der Waals surface area contributed by atoms with E-state index in [9.17, 15) is 0 Å². The van der Waals surface area contributed by atoms with E-state index in [1.165, 1.54) is 77.7 Å². The lowest BCUT2D eigenvalue weighted by Crippen LogP contribution is -1.88. The molecule has 0 aliphatic carbocycles. The van der Waals surface area contributed by atoms with Crippen molar-refractivity contribution in [1.29, 1.82) is 0 Å². The highest BCUT2D eigenvalue weighted by Crippen LogP contribution is 2.40. The Balaban J connectivity index is 1.86. The summed E-state index contributed by atoms with van der Waals surface area (Å²) in [4.78, 5) is 22.1. The zero-order chi connectivity index (χ0) is 32.2. The zero-order valence-electron chi connectivity index (χ0n) is 28.9. The molecule has 2 aliphatic rings. The van der Waals surface area contributed by atoms with E-state index in [0.717, 1.165) is 72.3 Å². The van der Waals surface area contributed by atoms with Crippen molar-refractivity contribution in [2.45, 2.75) is 108 Å². The van der Waals surface area contributed by atoms with E-state index < -0.39 is 0 Å². The van der Waals surface area contributed by atoms with Crippen molar-refractivity contribution in [3.63, 3.8) is 0 Å². The fourth-order valence-electron chi connectivity index (χ4n) is 7.85. The number of H-pyrrole nitrogens is 3. The van der Waals surface area contributed by atoms with Crippen LogP contribution in [0.25, 0.3) is 55.4 Å². The maximum absolute atomic E-state index is 5.31. The van der Waals surface area contributed by atoms with Gasteiger partial charge in [0.1, 0.15) is 0 Å². The second kappa shape index (κ2) is 12.0. The van der Waals surface area contributed by atoms with Crippen LogP contribution in [0, 0.1) is 13.8 Å². The van der Waals surface area contributed by atoms with Gasteiger partial charge in [0.15, 0.2) is 0 Å². The number of hydrogen-bond acceptors (Lipinski definition) is 2. The van der Waals surface area contributed by atoms with Gasteiger partial charge in [-0.25, -0.2) is 9.97 Å². The monoisotopic (exact) mass is 599 g/mol. The van der Waals surface area contributed by atoms with Crippen LogP contribution >= 0.6 is 0 Å². The molecule has 0 saturated heterocycles. The Kier molecular flexibility index (Phi) is 8.24. The number of hydrogen-bond donors (Lipinski definition) is 3. The van der Waals surface area contributed by atoms with Crippen LogP contribution in [0.15, 0.2) is 24.3 Å². The summed E-state index contributed by atoms with van der Waals surface area (Å²) in [6.07, 6.45) is 5.73. The van der Waals surface area contributed by atoms with Crippen molar-refractivity contribution in [2.75, 3.05) is 0 Å². The molecule has 0 aromatic carbocycles. The van der Waals surface area contributed by atoms with Gasteiger partial charge in [0.25, 0.3) is 0 Å². The minimum absolute atomic E-state index is 0.926. The predicted octanol–water partition coefficient (Wildman–Crippen LogP) is 10.9. The molecule has 0 unspecified atom stereocenters. The van der Waals surface area contributed by atoms with Gasteiger partial charge >= 0.3 is 0 Å². The highest BCUT2D eigenvalue weighted by Gasteiger charge is 2.25. The SMILES string of the molecule is CCC1=C(C)c2nc1cc1[nH]c(cc3[nH]c(cc4[nH]c(cc5nc2C(C)=C5CC)c(C)c4CC)c(CC)c3CC)c(CC)c1C. The van der Waals surface area contributed by atoms with Gasteiger partial charge in [-0.15, -0.1) is 0 Å². The molecule has 6 rings (SSSR count). The van der Waals surface area contributed by atoms with Gasteiger partial charge in [0, 0.05) is 33.1 Å². The van der Waals surface area contributed by atoms with Crippen molar-refractivity contribution in [3.8, 4) is 0 Å². The molecule has 5 nitrogen and oxygen atoms in total. The standard InChI is InChI=1S/C40H49N5/c1-11-25-21(7)31-17-35-27(13-3)23(9)39(44-35)40-24(10)28(14-4)36(45-40)18-32-22(8)26(12-2)34(42-32)20-38-30(16-6)29(15-5)37(43-38)19-33(25)41-31/h17-20,41-43H,11-16H2,1-10H3. The number of allylic oxidation sites excluding steroid dienone is 4. The van der Waals surface area contributed by atoms with Crippen LogP contribution in [-0.4, -0.2) is 24.9 Å². The Morgan fingerprint density at radius 3 is 1.09 bits per heavy atom. The third-order valence-corrected chi connectivity index (χ3v) is 10.4. The second-order valence-corrected chi connectivity index (χ2v) is 12.6. The second-order valence-electron chi connectivity index (χ2n) is 12.6. The first-order valence-corrected chi connectivity index (χ1v) is 17.1. The molecule has 3 N–H and O–H groups in total. The van der Waals surface area contributed by atoms with Gasteiger partial charge in [-0.1, -0.05) is 41.5 Å². The molecular formula is C40H49N5. The van der Waals surface area contributed by atoms with Crippen molar-refractivity contribution >= 4 is 55.4 Å². The minimum atomic E-state index is 0.926. The Labute approximate surface area is 268 Å². The van der Waals surface area contributed by atoms with E-state index in [1.54, 1.807) is 0 Å². The molecule has 4 aromatic rings. The lowest BCUT2D eigenvalue weighted by atomic mass is 9.99. The average Bonchev–Trinajstić information content (AvgIpc) is 3.77. The predicted molar refractivity (Wildman–Crippen MR) is 194 cm³/mol. The molecular weight excluding hydrogens is 550 g/mol. The number of nitrogens with zero attached hydrogens (tertiary/aromatic N) is 2. The van der Waals surface area contributed by atoms with Crippen molar-refractivity contribution in [1.82, 2.24) is 24.9 Å². The summed E-state index contributed by atoms with van der Waals surface area (Å²) >= 11 is 0. The molecule has 0 fully saturated rings. The maximum atomic E-state index is 5.31. The summed E-state index contributed by atoms with van der Waals surface area (Å²) in [6, 6.07) is 9.22. The minimum Gasteiger partial charge on any atom is -0.355 e. The first kappa shape index (κ1) is 30.9. The molecule has 2 aliphatic heterocycles. The number of nitrogens with one attached hydrogen (secondary N) is 3. The number of aromatic nitrogens is 5. The van der Waals surface area contributed by atoms with Gasteiger partial charge in [-0.3, -0.25) is 0 Å². The first-order valence-electron chi connectivity index (χ1n) is 17.1. The largest absolute Gasteiger partial charge is 0.355 e. The Morgan fingerprint density at radius 2 is 0.756 bits per heavy atom. The highest BCUT2D eigenvalue weighted by molar-refractivity contribution is 5.99. The molecule has 0 amide bonds. The summed E-state index contributed by atoms with van der Waals surface area (Å²) in [5, 5.41) is 0. The third kappa shape index (κ3) is 4.92. The van der Waals surface area contributed by atoms with Crippen LogP contribution in [0.5, 0.6) is 0 Å². The average molecular weight is 600 g/mol. The van der Waals surface area contributed by atoms with Crippen LogP contribution in [0.2, 0.25) is 0 Å². The van der Waals surface area contributed by atoms with E-state index in [2.05, 4.69) is 108 Å². The molecule has 0 saturated carbocycles. The lowest BCUT2D eigenvalue weighted by molar-refractivity contribution is 1.07. The molecule has 6 heterocycles. The molecule has 0 atom stereocenters. The summed E-state index contributed by atoms with van der Waals surface area (Å²) in [5.41, 5.74) is 24.3. The highest BCUT2D eigenvalue weighted by atomic mass is 14.8. The number of aromatic amines is 3. The smallest absolute Gasteiger partial charge is 0.0929 e. The van der Waals surface area contributed by atoms with Crippen LogP contribution in [0.3, 0.4) is 0 Å². The third-order valence-electron chi connectivity index (χ3n) is 10.4. The van der Waals surface area contributed by atoms with Gasteiger partial charge in [0.2, 0.25) is 0 Å². The fourth-order valence-corrected chi connectivity index (χ4v) is 7.85. The van der Waals surface area contributed by atoms with E-state index >= 15 is 0 Å². The number of rotatable bonds is 6. The Bertz CT molecular complexity index is 1960. The van der Waals surface area contributed by atoms with Crippen molar-refractivity contribution in [2.24, 2.45) is 0 Å². The van der Waals surface area contributed by atoms with Gasteiger partial charge in [-0.05, 0) is 146 Å². The van der Waals surface area contributed by atoms with Crippen molar-refractivity contribution in [3.05, 3.63) is 80.4 Å². The van der Waals surface area contributed by atoms with Crippen LogP contribution < -0.4 is 0 Å². The Morgan fingerprint density at radius 1 is 0.422 bits per heavy atom. The fraction of sp³-hybridized carbons (Fsp3) is 0.400. The quantitative estimate of drug-likeness (QED) is 0.206. The van der Waals surface area contributed by atoms with E-state index in [-0.39, 0.29) is 0 Å². The number of aryl methyl sites for hydroxylation is 6. The molecule has 234 valence electrons. The van der Waals surface area contributed by atoms with Crippen LogP contribution in [0.1, 0.15) is 124 Å². The summed E-state index contributed by atoms with van der Waals surface area (Å²) < 4.78 is 0.